The second kappa shape index (κ2) is 6.55. The van der Waals surface area contributed by atoms with Crippen LogP contribution in [0.1, 0.15) is 20.1 Å². The summed E-state index contributed by atoms with van der Waals surface area (Å²) in [5.74, 6) is -0.158. The van der Waals surface area contributed by atoms with Crippen LogP contribution in [0.4, 0.5) is 5.82 Å². The molecule has 0 amide bonds. The van der Waals surface area contributed by atoms with E-state index in [1.165, 1.54) is 23.4 Å². The molecule has 1 unspecified atom stereocenters. The summed E-state index contributed by atoms with van der Waals surface area (Å²) < 4.78 is 13.1. The van der Waals surface area contributed by atoms with Crippen LogP contribution >= 0.6 is 17.4 Å². The second-order valence-corrected chi connectivity index (χ2v) is 12.7. The molecule has 116 valence electrons. The molecule has 1 fully saturated rings. The van der Waals surface area contributed by atoms with Crippen LogP contribution in [-0.4, -0.2) is 33.8 Å². The standard InChI is InChI=1S/C12H18ClN3O3P.W/c1-7-8(6-18-20-3)19-10(12(7,2)13)16-5-4-9(14)15-11(16)17;/h4-5,7-8,10H,6H2,1-3H3,(H2,14,15,17);/q-1;+2/t7-,8-,10-,12-;/m1./s1. The second-order valence-electron chi connectivity index (χ2n) is 5.24. The summed E-state index contributed by atoms with van der Waals surface area (Å²) in [5.41, 5.74) is 5.06. The van der Waals surface area contributed by atoms with Crippen molar-refractivity contribution in [2.45, 2.75) is 31.1 Å². The Kier molecular flexibility index (Phi) is 5.38. The molecule has 1 saturated heterocycles. The molecule has 1 aromatic heterocycles. The summed E-state index contributed by atoms with van der Waals surface area (Å²) >= 11 is 8.08. The molecule has 0 radical (unpaired) electrons. The van der Waals surface area contributed by atoms with Gasteiger partial charge in [-0.05, 0) is 0 Å². The fraction of sp³-hybridized carbons (Fsp3) is 0.667. The van der Waals surface area contributed by atoms with E-state index in [0.29, 0.717) is 6.61 Å². The number of hydrogen-bond acceptors (Lipinski definition) is 5. The zero-order valence-corrected chi connectivity index (χ0v) is 16.6. The molecule has 0 bridgehead atoms. The van der Waals surface area contributed by atoms with Crippen LogP contribution < -0.4 is 11.4 Å². The van der Waals surface area contributed by atoms with Gasteiger partial charge in [0.25, 0.3) is 0 Å². The number of rotatable bonds is 4. The Morgan fingerprint density at radius 1 is 1.71 bits per heavy atom. The van der Waals surface area contributed by atoms with Crippen LogP contribution in [0, 0.1) is 5.92 Å². The van der Waals surface area contributed by atoms with Crippen molar-refractivity contribution in [1.82, 2.24) is 9.55 Å². The van der Waals surface area contributed by atoms with Crippen molar-refractivity contribution in [3.8, 4) is 0 Å². The Morgan fingerprint density at radius 2 is 2.38 bits per heavy atom. The van der Waals surface area contributed by atoms with Crippen LogP contribution in [0.3, 0.4) is 0 Å². The number of hydrogen-bond donors (Lipinski definition) is 1. The van der Waals surface area contributed by atoms with Crippen molar-refractivity contribution >= 4 is 23.2 Å². The summed E-state index contributed by atoms with van der Waals surface area (Å²) in [6, 6.07) is 1.56. The normalized spacial score (nSPS) is 33.1. The van der Waals surface area contributed by atoms with Crippen molar-refractivity contribution in [3.05, 3.63) is 22.7 Å². The maximum atomic E-state index is 12.0. The molecular formula is C12H18ClN3O3PW+. The third-order valence-electron chi connectivity index (χ3n) is 3.76. The van der Waals surface area contributed by atoms with E-state index in [-0.39, 0.29) is 23.6 Å². The van der Waals surface area contributed by atoms with Gasteiger partial charge < -0.3 is 0 Å². The van der Waals surface area contributed by atoms with Gasteiger partial charge in [0.2, 0.25) is 0 Å². The predicted octanol–water partition coefficient (Wildman–Crippen LogP) is 1.86. The number of aromatic nitrogens is 2. The minimum atomic E-state index is -0.716. The number of anilines is 1. The molecule has 5 atom stereocenters. The predicted molar refractivity (Wildman–Crippen MR) is 79.0 cm³/mol. The average molecular weight is 503 g/mol. The van der Waals surface area contributed by atoms with Crippen LogP contribution in [0.15, 0.2) is 17.1 Å². The quantitative estimate of drug-likeness (QED) is 0.503. The van der Waals surface area contributed by atoms with Crippen molar-refractivity contribution in [2.75, 3.05) is 19.0 Å². The SMILES string of the molecule is C[C@@H]1[C@@H](CO[P+](C)=[W])O[C@@H](n2ccc(N)nc2=O)[C@]1(C)Cl. The Hall–Kier alpha value is -0.122. The third kappa shape index (κ3) is 3.62. The van der Waals surface area contributed by atoms with E-state index in [4.69, 9.17) is 26.6 Å². The molecule has 21 heavy (non-hydrogen) atoms. The Labute approximate surface area is 139 Å². The molecule has 2 heterocycles. The van der Waals surface area contributed by atoms with Gasteiger partial charge in [0.1, 0.15) is 0 Å². The first-order valence-corrected chi connectivity index (χ1v) is 12.4. The van der Waals surface area contributed by atoms with E-state index in [2.05, 4.69) is 11.6 Å². The van der Waals surface area contributed by atoms with Gasteiger partial charge in [-0.3, -0.25) is 0 Å². The van der Waals surface area contributed by atoms with Crippen molar-refractivity contribution < 1.29 is 28.1 Å². The van der Waals surface area contributed by atoms with Gasteiger partial charge in [0, 0.05) is 0 Å². The molecule has 1 aliphatic rings. The zero-order valence-electron chi connectivity index (χ0n) is 12.0. The molecule has 2 N–H and O–H groups in total. The van der Waals surface area contributed by atoms with E-state index in [0.717, 1.165) is 0 Å². The van der Waals surface area contributed by atoms with Gasteiger partial charge >= 0.3 is 140 Å². The summed E-state index contributed by atoms with van der Waals surface area (Å²) in [5, 5.41) is 0. The number of alkyl halides is 1. The van der Waals surface area contributed by atoms with E-state index in [9.17, 15) is 4.79 Å². The van der Waals surface area contributed by atoms with E-state index < -0.39 is 16.8 Å². The Balaban J connectivity index is 2.27. The van der Waals surface area contributed by atoms with Gasteiger partial charge in [-0.15, -0.1) is 0 Å². The van der Waals surface area contributed by atoms with Crippen LogP contribution in [0.5, 0.6) is 0 Å². The summed E-state index contributed by atoms with van der Waals surface area (Å²) in [4.78, 5) is 15.0. The maximum absolute atomic E-state index is 12.0. The molecule has 0 spiro atoms. The van der Waals surface area contributed by atoms with Crippen molar-refractivity contribution in [3.63, 3.8) is 0 Å². The number of nitrogens with zero attached hydrogens (tertiary/aromatic N) is 2. The number of halogens is 1. The van der Waals surface area contributed by atoms with Gasteiger partial charge in [0.15, 0.2) is 0 Å². The molecular weight excluding hydrogens is 484 g/mol. The molecule has 6 nitrogen and oxygen atoms in total. The van der Waals surface area contributed by atoms with Gasteiger partial charge in [-0.1, -0.05) is 0 Å². The molecule has 1 aromatic rings. The number of nitrogens with two attached hydrogens (primary N) is 1. The molecule has 0 aromatic carbocycles. The van der Waals surface area contributed by atoms with Crippen molar-refractivity contribution in [1.29, 1.82) is 0 Å². The molecule has 0 saturated carbocycles. The topological polar surface area (TPSA) is 79.4 Å². The first-order chi connectivity index (χ1) is 9.73. The van der Waals surface area contributed by atoms with E-state index in [1.54, 1.807) is 12.3 Å². The third-order valence-corrected chi connectivity index (χ3v) is 5.94. The molecule has 2 rings (SSSR count). The molecule has 1 aliphatic heterocycles. The number of nitrogen functional groups attached to an aromatic ring is 1. The summed E-state index contributed by atoms with van der Waals surface area (Å²) in [6.07, 6.45) is 0.838. The molecule has 9 heteroatoms. The van der Waals surface area contributed by atoms with Gasteiger partial charge in [-0.25, -0.2) is 0 Å². The average Bonchev–Trinajstić information content (AvgIpc) is 2.60. The van der Waals surface area contributed by atoms with Gasteiger partial charge in [-0.2, -0.15) is 0 Å². The van der Waals surface area contributed by atoms with E-state index in [1.807, 2.05) is 13.8 Å². The fourth-order valence-corrected chi connectivity index (χ4v) is 3.62. The fourth-order valence-electron chi connectivity index (χ4n) is 2.31. The van der Waals surface area contributed by atoms with Crippen molar-refractivity contribution in [2.24, 2.45) is 5.92 Å². The first-order valence-electron chi connectivity index (χ1n) is 6.46. The zero-order chi connectivity index (χ0) is 15.8. The van der Waals surface area contributed by atoms with E-state index >= 15 is 0 Å². The first kappa shape index (κ1) is 17.2. The van der Waals surface area contributed by atoms with Crippen LogP contribution in [0.2, 0.25) is 0 Å². The number of ether oxygens (including phenoxy) is 1. The van der Waals surface area contributed by atoms with Crippen LogP contribution in [0.25, 0.3) is 0 Å². The Bertz CT molecular complexity index is 610. The summed E-state index contributed by atoms with van der Waals surface area (Å²) in [6.45, 7) is 6.44. The molecule has 0 aliphatic carbocycles. The van der Waals surface area contributed by atoms with Crippen LogP contribution in [-0.2, 0) is 28.1 Å². The monoisotopic (exact) mass is 502 g/mol. The summed E-state index contributed by atoms with van der Waals surface area (Å²) in [7, 11) is 0. The van der Waals surface area contributed by atoms with Gasteiger partial charge in [0.05, 0.1) is 0 Å². The minimum absolute atomic E-state index is 0.0403. The Morgan fingerprint density at radius 3 is 2.95 bits per heavy atom.